The Labute approximate surface area is 114 Å². The van der Waals surface area contributed by atoms with E-state index in [4.69, 9.17) is 9.47 Å². The van der Waals surface area contributed by atoms with E-state index < -0.39 is 0 Å². The van der Waals surface area contributed by atoms with Gasteiger partial charge in [-0.2, -0.15) is 0 Å². The molecule has 104 valence electrons. The molecule has 0 aliphatic heterocycles. The molecule has 0 heterocycles. The molecule has 1 saturated carbocycles. The number of rotatable bonds is 4. The van der Waals surface area contributed by atoms with Crippen molar-refractivity contribution in [1.82, 2.24) is 0 Å². The molecule has 1 aliphatic carbocycles. The van der Waals surface area contributed by atoms with Crippen molar-refractivity contribution in [3.05, 3.63) is 23.8 Å². The summed E-state index contributed by atoms with van der Waals surface area (Å²) in [6.07, 6.45) is 4.81. The van der Waals surface area contributed by atoms with Crippen LogP contribution in [0.1, 0.15) is 49.9 Å². The summed E-state index contributed by atoms with van der Waals surface area (Å²) in [4.78, 5) is 11.4. The van der Waals surface area contributed by atoms with Crippen LogP contribution in [0.2, 0.25) is 0 Å². The number of benzene rings is 1. The summed E-state index contributed by atoms with van der Waals surface area (Å²) in [5, 5.41) is 0. The summed E-state index contributed by atoms with van der Waals surface area (Å²) in [5.41, 5.74) is 0.667. The van der Waals surface area contributed by atoms with Crippen LogP contribution in [0.15, 0.2) is 18.2 Å². The Bertz CT molecular complexity index is 445. The molecule has 0 amide bonds. The SMILES string of the molecule is COc1ccc(C(C)=O)cc1OC1CCC(C)CC1. The first-order valence-electron chi connectivity index (χ1n) is 6.95. The van der Waals surface area contributed by atoms with Gasteiger partial charge in [0.1, 0.15) is 0 Å². The minimum atomic E-state index is 0.0461. The van der Waals surface area contributed by atoms with E-state index in [0.29, 0.717) is 17.1 Å². The largest absolute Gasteiger partial charge is 0.493 e. The Kier molecular flexibility index (Phi) is 4.46. The predicted octanol–water partition coefficient (Wildman–Crippen LogP) is 3.86. The molecule has 0 bridgehead atoms. The van der Waals surface area contributed by atoms with Crippen molar-refractivity contribution in [1.29, 1.82) is 0 Å². The van der Waals surface area contributed by atoms with Gasteiger partial charge in [-0.3, -0.25) is 4.79 Å². The molecule has 0 radical (unpaired) electrons. The Morgan fingerprint density at radius 1 is 1.16 bits per heavy atom. The first-order valence-corrected chi connectivity index (χ1v) is 6.95. The van der Waals surface area contributed by atoms with Gasteiger partial charge in [0, 0.05) is 5.56 Å². The second kappa shape index (κ2) is 6.09. The first-order chi connectivity index (χ1) is 9.10. The van der Waals surface area contributed by atoms with Crippen LogP contribution in [0.4, 0.5) is 0 Å². The third-order valence-electron chi connectivity index (χ3n) is 3.83. The average Bonchev–Trinajstić information content (AvgIpc) is 2.41. The van der Waals surface area contributed by atoms with Crippen LogP contribution >= 0.6 is 0 Å². The minimum Gasteiger partial charge on any atom is -0.493 e. The summed E-state index contributed by atoms with van der Waals surface area (Å²) in [7, 11) is 1.62. The Morgan fingerprint density at radius 3 is 2.42 bits per heavy atom. The number of ether oxygens (including phenoxy) is 2. The first kappa shape index (κ1) is 13.9. The van der Waals surface area contributed by atoms with E-state index in [9.17, 15) is 4.79 Å². The third kappa shape index (κ3) is 3.49. The highest BCUT2D eigenvalue weighted by Crippen LogP contribution is 2.33. The van der Waals surface area contributed by atoms with Crippen molar-refractivity contribution in [3.8, 4) is 11.5 Å². The lowest BCUT2D eigenvalue weighted by molar-refractivity contribution is 0.101. The van der Waals surface area contributed by atoms with Crippen LogP contribution in [0, 0.1) is 5.92 Å². The van der Waals surface area contributed by atoms with Crippen LogP contribution in [0.5, 0.6) is 11.5 Å². The zero-order valence-corrected chi connectivity index (χ0v) is 11.9. The number of hydrogen-bond donors (Lipinski definition) is 0. The lowest BCUT2D eigenvalue weighted by atomic mass is 9.89. The van der Waals surface area contributed by atoms with Crippen molar-refractivity contribution in [2.45, 2.75) is 45.6 Å². The lowest BCUT2D eigenvalue weighted by Gasteiger charge is -2.27. The van der Waals surface area contributed by atoms with E-state index >= 15 is 0 Å². The van der Waals surface area contributed by atoms with E-state index in [0.717, 1.165) is 18.8 Å². The number of methoxy groups -OCH3 is 1. The molecule has 0 unspecified atom stereocenters. The summed E-state index contributed by atoms with van der Waals surface area (Å²) >= 11 is 0. The standard InChI is InChI=1S/C16H22O3/c1-11-4-7-14(8-5-11)19-16-10-13(12(2)17)6-9-15(16)18-3/h6,9-11,14H,4-5,7-8H2,1-3H3. The Hall–Kier alpha value is -1.51. The summed E-state index contributed by atoms with van der Waals surface area (Å²) in [6.45, 7) is 3.85. The fourth-order valence-corrected chi connectivity index (χ4v) is 2.51. The van der Waals surface area contributed by atoms with Gasteiger partial charge >= 0.3 is 0 Å². The summed E-state index contributed by atoms with van der Waals surface area (Å²) in [6, 6.07) is 5.37. The molecule has 0 saturated heterocycles. The van der Waals surface area contributed by atoms with Crippen molar-refractivity contribution in [2.24, 2.45) is 5.92 Å². The molecular formula is C16H22O3. The van der Waals surface area contributed by atoms with Crippen molar-refractivity contribution < 1.29 is 14.3 Å². The van der Waals surface area contributed by atoms with Crippen molar-refractivity contribution in [3.63, 3.8) is 0 Å². The molecule has 0 spiro atoms. The normalized spacial score (nSPS) is 22.9. The molecular weight excluding hydrogens is 240 g/mol. The summed E-state index contributed by atoms with van der Waals surface area (Å²) in [5.74, 6) is 2.23. The van der Waals surface area contributed by atoms with Crippen LogP contribution in [0.25, 0.3) is 0 Å². The molecule has 3 nitrogen and oxygen atoms in total. The number of Topliss-reactive ketones (excluding diaryl/α,β-unsaturated/α-hetero) is 1. The van der Waals surface area contributed by atoms with E-state index in [2.05, 4.69) is 6.92 Å². The molecule has 2 rings (SSSR count). The molecule has 1 aromatic carbocycles. The molecule has 1 aliphatic rings. The van der Waals surface area contributed by atoms with E-state index in [-0.39, 0.29) is 11.9 Å². The number of hydrogen-bond acceptors (Lipinski definition) is 3. The van der Waals surface area contributed by atoms with Gasteiger partial charge in [0.25, 0.3) is 0 Å². The highest BCUT2D eigenvalue weighted by atomic mass is 16.5. The Balaban J connectivity index is 2.13. The molecule has 1 fully saturated rings. The van der Waals surface area contributed by atoms with Gasteiger partial charge in [0.15, 0.2) is 17.3 Å². The number of carbonyl (C=O) groups is 1. The van der Waals surface area contributed by atoms with Gasteiger partial charge < -0.3 is 9.47 Å². The quantitative estimate of drug-likeness (QED) is 0.773. The van der Waals surface area contributed by atoms with E-state index in [1.165, 1.54) is 12.8 Å². The number of ketones is 1. The zero-order chi connectivity index (χ0) is 13.8. The highest BCUT2D eigenvalue weighted by molar-refractivity contribution is 5.94. The van der Waals surface area contributed by atoms with Crippen LogP contribution in [-0.4, -0.2) is 19.0 Å². The summed E-state index contributed by atoms with van der Waals surface area (Å²) < 4.78 is 11.3. The van der Waals surface area contributed by atoms with E-state index in [1.54, 1.807) is 32.2 Å². The van der Waals surface area contributed by atoms with Gasteiger partial charge in [-0.15, -0.1) is 0 Å². The van der Waals surface area contributed by atoms with Crippen molar-refractivity contribution in [2.75, 3.05) is 7.11 Å². The minimum absolute atomic E-state index is 0.0461. The Morgan fingerprint density at radius 2 is 1.84 bits per heavy atom. The van der Waals surface area contributed by atoms with Gasteiger partial charge in [-0.25, -0.2) is 0 Å². The second-order valence-electron chi connectivity index (χ2n) is 5.42. The van der Waals surface area contributed by atoms with E-state index in [1.807, 2.05) is 0 Å². The predicted molar refractivity (Wildman–Crippen MR) is 75.0 cm³/mol. The molecule has 3 heteroatoms. The number of carbonyl (C=O) groups excluding carboxylic acids is 1. The van der Waals surface area contributed by atoms with Crippen molar-refractivity contribution >= 4 is 5.78 Å². The molecule has 19 heavy (non-hydrogen) atoms. The molecule has 0 atom stereocenters. The van der Waals surface area contributed by atoms with Crippen LogP contribution < -0.4 is 9.47 Å². The van der Waals surface area contributed by atoms with Gasteiger partial charge in [-0.1, -0.05) is 6.92 Å². The maximum absolute atomic E-state index is 11.4. The van der Waals surface area contributed by atoms with Crippen LogP contribution in [0.3, 0.4) is 0 Å². The monoisotopic (exact) mass is 262 g/mol. The molecule has 0 N–H and O–H groups in total. The fraction of sp³-hybridized carbons (Fsp3) is 0.562. The maximum atomic E-state index is 11.4. The van der Waals surface area contributed by atoms with Gasteiger partial charge in [0.05, 0.1) is 13.2 Å². The van der Waals surface area contributed by atoms with Gasteiger partial charge in [-0.05, 0) is 56.7 Å². The molecule has 1 aromatic rings. The fourth-order valence-electron chi connectivity index (χ4n) is 2.51. The zero-order valence-electron chi connectivity index (χ0n) is 11.9. The third-order valence-corrected chi connectivity index (χ3v) is 3.83. The smallest absolute Gasteiger partial charge is 0.162 e. The maximum Gasteiger partial charge on any atom is 0.162 e. The lowest BCUT2D eigenvalue weighted by Crippen LogP contribution is -2.23. The molecule has 0 aromatic heterocycles. The average molecular weight is 262 g/mol. The topological polar surface area (TPSA) is 35.5 Å². The highest BCUT2D eigenvalue weighted by Gasteiger charge is 2.21. The second-order valence-corrected chi connectivity index (χ2v) is 5.42. The van der Waals surface area contributed by atoms with Crippen LogP contribution in [-0.2, 0) is 0 Å². The van der Waals surface area contributed by atoms with Gasteiger partial charge in [0.2, 0.25) is 0 Å².